The monoisotopic (exact) mass is 534 g/mol. The zero-order valence-corrected chi connectivity index (χ0v) is 22.5. The molecule has 0 aliphatic rings. The van der Waals surface area contributed by atoms with E-state index in [4.69, 9.17) is 0 Å². The largest absolute Gasteiger partial charge is 0.269 e. The van der Waals surface area contributed by atoms with Gasteiger partial charge < -0.3 is 0 Å². The Labute approximate surface area is 214 Å². The van der Waals surface area contributed by atoms with Crippen LogP contribution >= 0.6 is 0 Å². The van der Waals surface area contributed by atoms with Crippen LogP contribution in [0.1, 0.15) is 63.0 Å². The highest BCUT2D eigenvalue weighted by Gasteiger charge is 2.22. The predicted octanol–water partition coefficient (Wildman–Crippen LogP) is 4.29. The van der Waals surface area contributed by atoms with E-state index >= 15 is 0 Å². The van der Waals surface area contributed by atoms with Gasteiger partial charge in [0.25, 0.3) is 31.9 Å². The first-order valence-corrected chi connectivity index (χ1v) is 14.9. The maximum absolute atomic E-state index is 12.9. The Morgan fingerprint density at radius 2 is 1.14 bits per heavy atom. The molecule has 8 nitrogen and oxygen atoms in total. The van der Waals surface area contributed by atoms with Gasteiger partial charge in [0, 0.05) is 11.6 Å². The molecular weight excluding hydrogens is 500 g/mol. The van der Waals surface area contributed by atoms with Crippen LogP contribution < -0.4 is 9.44 Å². The first kappa shape index (κ1) is 29.3. The average Bonchev–Trinajstić information content (AvgIpc) is 2.80. The Bertz CT molecular complexity index is 1280. The molecule has 0 aromatic heterocycles. The summed E-state index contributed by atoms with van der Waals surface area (Å²) in [5.74, 6) is -1.99. The Balaban J connectivity index is 2.20. The molecule has 0 spiro atoms. The lowest BCUT2D eigenvalue weighted by Crippen LogP contribution is -2.34. The molecule has 0 aliphatic carbocycles. The van der Waals surface area contributed by atoms with Gasteiger partial charge in [-0.25, -0.2) is 26.3 Å². The van der Waals surface area contributed by atoms with Crippen molar-refractivity contribution >= 4 is 31.9 Å². The molecule has 0 bridgehead atoms. The number of carbonyl (C=O) groups excluding carboxylic acids is 2. The van der Waals surface area contributed by atoms with Crippen LogP contribution in [0.15, 0.2) is 70.0 Å². The minimum atomic E-state index is -4.17. The molecule has 2 amide bonds. The van der Waals surface area contributed by atoms with Crippen LogP contribution in [-0.2, 0) is 29.6 Å². The number of hydrogen-bond donors (Lipinski definition) is 2. The number of hydrogen-bond acceptors (Lipinski definition) is 6. The first-order chi connectivity index (χ1) is 16.9. The third-order valence-corrected chi connectivity index (χ3v) is 8.23. The Kier molecular flexibility index (Phi) is 10.9. The number of nitrogens with one attached hydrogen (secondary N) is 2. The molecule has 0 aliphatic heterocycles. The van der Waals surface area contributed by atoms with E-state index in [1.165, 1.54) is 24.3 Å². The molecule has 0 radical (unpaired) electrons. The molecule has 0 saturated carbocycles. The van der Waals surface area contributed by atoms with Gasteiger partial charge in [0.15, 0.2) is 0 Å². The highest BCUT2D eigenvalue weighted by atomic mass is 32.2. The van der Waals surface area contributed by atoms with Crippen LogP contribution in [0.4, 0.5) is 0 Å². The Morgan fingerprint density at radius 3 is 1.64 bits per heavy atom. The first-order valence-electron chi connectivity index (χ1n) is 11.9. The number of aryl methyl sites for hydroxylation is 2. The van der Waals surface area contributed by atoms with E-state index in [0.29, 0.717) is 6.42 Å². The summed E-state index contributed by atoms with van der Waals surface area (Å²) in [5.41, 5.74) is 1.60. The number of sulfonamides is 2. The van der Waals surface area contributed by atoms with Crippen molar-refractivity contribution in [1.82, 2.24) is 9.44 Å². The van der Waals surface area contributed by atoms with E-state index in [0.717, 1.165) is 49.3 Å². The van der Waals surface area contributed by atoms with Gasteiger partial charge in [0.05, 0.1) is 9.79 Å². The van der Waals surface area contributed by atoms with Gasteiger partial charge in [-0.3, -0.25) is 9.59 Å². The number of unbranched alkanes of at least 4 members (excludes halogenated alkanes) is 5. The summed E-state index contributed by atoms with van der Waals surface area (Å²) in [6.07, 6.45) is 6.48. The van der Waals surface area contributed by atoms with Crippen LogP contribution in [0.5, 0.6) is 0 Å². The molecule has 0 fully saturated rings. The van der Waals surface area contributed by atoms with Gasteiger partial charge in [-0.1, -0.05) is 74.4 Å². The van der Waals surface area contributed by atoms with E-state index < -0.39 is 31.9 Å². The topological polar surface area (TPSA) is 126 Å². The van der Waals surface area contributed by atoms with Gasteiger partial charge >= 0.3 is 0 Å². The highest BCUT2D eigenvalue weighted by Crippen LogP contribution is 2.16. The van der Waals surface area contributed by atoms with E-state index in [2.05, 4.69) is 6.92 Å². The normalized spacial score (nSPS) is 12.2. The summed E-state index contributed by atoms with van der Waals surface area (Å²) < 4.78 is 54.4. The van der Waals surface area contributed by atoms with Crippen molar-refractivity contribution in [2.24, 2.45) is 0 Å². The highest BCUT2D eigenvalue weighted by molar-refractivity contribution is 7.90. The molecule has 2 N–H and O–H groups in total. The van der Waals surface area contributed by atoms with Gasteiger partial charge in [0.1, 0.15) is 0 Å². The summed E-state index contributed by atoms with van der Waals surface area (Å²) in [5, 5.41) is 0. The van der Waals surface area contributed by atoms with Gasteiger partial charge in [0.2, 0.25) is 0 Å². The van der Waals surface area contributed by atoms with E-state index in [-0.39, 0.29) is 21.8 Å². The maximum atomic E-state index is 12.9. The minimum Gasteiger partial charge on any atom is -0.269 e. The second-order valence-corrected chi connectivity index (χ2v) is 12.1. The number of rotatable bonds is 13. The fourth-order valence-electron chi connectivity index (χ4n) is 3.41. The van der Waals surface area contributed by atoms with Gasteiger partial charge in [-0.15, -0.1) is 0 Å². The summed E-state index contributed by atoms with van der Waals surface area (Å²) in [6, 6.07) is 11.9. The zero-order valence-electron chi connectivity index (χ0n) is 20.9. The average molecular weight is 535 g/mol. The molecule has 0 saturated heterocycles. The molecule has 2 aromatic carbocycles. The summed E-state index contributed by atoms with van der Waals surface area (Å²) in [6.45, 7) is 5.71. The Hall–Kier alpha value is -2.98. The smallest absolute Gasteiger partial charge is 0.264 e. The van der Waals surface area contributed by atoms with Crippen LogP contribution in [-0.4, -0.2) is 28.6 Å². The van der Waals surface area contributed by atoms with Crippen molar-refractivity contribution in [3.63, 3.8) is 0 Å². The number of carbonyl (C=O) groups is 2. The molecule has 0 atom stereocenters. The van der Waals surface area contributed by atoms with Crippen molar-refractivity contribution in [1.29, 1.82) is 0 Å². The van der Waals surface area contributed by atoms with Crippen LogP contribution in [0.2, 0.25) is 0 Å². The summed E-state index contributed by atoms with van der Waals surface area (Å²) >= 11 is 0. The van der Waals surface area contributed by atoms with Crippen molar-refractivity contribution in [3.05, 3.63) is 71.3 Å². The predicted molar refractivity (Wildman–Crippen MR) is 139 cm³/mol. The molecule has 196 valence electrons. The fraction of sp³-hybridized carbons (Fsp3) is 0.385. The van der Waals surface area contributed by atoms with Crippen LogP contribution in [0.25, 0.3) is 0 Å². The molecule has 2 rings (SSSR count). The molecular formula is C26H34N2O6S2. The third-order valence-electron chi connectivity index (χ3n) is 5.52. The second-order valence-electron chi connectivity index (χ2n) is 8.72. The van der Waals surface area contributed by atoms with Gasteiger partial charge in [-0.2, -0.15) is 0 Å². The molecule has 0 unspecified atom stereocenters. The van der Waals surface area contributed by atoms with E-state index in [9.17, 15) is 26.4 Å². The zero-order chi connectivity index (χ0) is 26.8. The maximum Gasteiger partial charge on any atom is 0.264 e. The molecule has 10 heteroatoms. The van der Waals surface area contributed by atoms with Crippen LogP contribution in [0.3, 0.4) is 0 Å². The number of benzene rings is 2. The lowest BCUT2D eigenvalue weighted by Gasteiger charge is -2.11. The SMILES string of the molecule is CCCCCCCC/C(=C/C(=O)NS(=O)(=O)c1ccc(C)cc1)C(=O)NS(=O)(=O)c1ccc(C)cc1. The van der Waals surface area contributed by atoms with Crippen molar-refractivity contribution in [3.8, 4) is 0 Å². The summed E-state index contributed by atoms with van der Waals surface area (Å²) in [4.78, 5) is 25.3. The van der Waals surface area contributed by atoms with E-state index in [1.807, 2.05) is 9.44 Å². The second kappa shape index (κ2) is 13.4. The lowest BCUT2D eigenvalue weighted by molar-refractivity contribution is -0.118. The fourth-order valence-corrected chi connectivity index (χ4v) is 5.33. The van der Waals surface area contributed by atoms with Crippen molar-refractivity contribution < 1.29 is 26.4 Å². The van der Waals surface area contributed by atoms with Crippen molar-refractivity contribution in [2.75, 3.05) is 0 Å². The number of amides is 2. The minimum absolute atomic E-state index is 0.0910. The molecule has 0 heterocycles. The molecule has 2 aromatic rings. The standard InChI is InChI=1S/C26H34N2O6S2/c1-4-5-6-7-8-9-10-22(26(30)28-36(33,34)24-17-13-21(3)14-18-24)19-25(29)27-35(31,32)23-15-11-20(2)12-16-23/h11-19H,4-10H2,1-3H3,(H,27,29)(H,28,30)/b22-19-. The Morgan fingerprint density at radius 1 is 0.694 bits per heavy atom. The quantitative estimate of drug-likeness (QED) is 0.292. The third kappa shape index (κ3) is 9.23. The van der Waals surface area contributed by atoms with E-state index in [1.54, 1.807) is 38.1 Å². The summed E-state index contributed by atoms with van der Waals surface area (Å²) in [7, 11) is -8.33. The van der Waals surface area contributed by atoms with Gasteiger partial charge in [-0.05, 0) is 51.0 Å². The molecule has 36 heavy (non-hydrogen) atoms. The lowest BCUT2D eigenvalue weighted by atomic mass is 10.0. The van der Waals surface area contributed by atoms with Crippen molar-refractivity contribution in [2.45, 2.75) is 75.5 Å². The van der Waals surface area contributed by atoms with Crippen LogP contribution in [0, 0.1) is 13.8 Å².